The van der Waals surface area contributed by atoms with Gasteiger partial charge in [0.25, 0.3) is 0 Å². The van der Waals surface area contributed by atoms with Crippen LogP contribution in [-0.4, -0.2) is 49.4 Å². The zero-order valence-electron chi connectivity index (χ0n) is 15.6. The van der Waals surface area contributed by atoms with E-state index in [1.54, 1.807) is 18.2 Å². The van der Waals surface area contributed by atoms with Crippen LogP contribution in [0.3, 0.4) is 0 Å². The van der Waals surface area contributed by atoms with E-state index in [0.29, 0.717) is 35.2 Å². The van der Waals surface area contributed by atoms with Crippen molar-refractivity contribution in [2.75, 3.05) is 18.8 Å². The second-order valence-electron chi connectivity index (χ2n) is 6.70. The molecule has 0 spiro atoms. The highest BCUT2D eigenvalue weighted by Gasteiger charge is 2.34. The molecule has 1 saturated heterocycles. The Morgan fingerprint density at radius 2 is 2.04 bits per heavy atom. The highest BCUT2D eigenvalue weighted by Crippen LogP contribution is 2.33. The molecule has 0 bridgehead atoms. The smallest absolute Gasteiger partial charge is 0.236 e. The van der Waals surface area contributed by atoms with Crippen molar-refractivity contribution in [1.82, 2.24) is 4.90 Å². The fraction of sp³-hybridized carbons (Fsp3) is 0.611. The van der Waals surface area contributed by atoms with Crippen LogP contribution in [0.25, 0.3) is 0 Å². The Morgan fingerprint density at radius 3 is 2.62 bits per heavy atom. The first-order valence-corrected chi connectivity index (χ1v) is 11.3. The van der Waals surface area contributed by atoms with Gasteiger partial charge in [-0.15, -0.1) is 24.2 Å². The summed E-state index contributed by atoms with van der Waals surface area (Å²) in [6.45, 7) is 7.02. The molecule has 2 rings (SSSR count). The summed E-state index contributed by atoms with van der Waals surface area (Å²) in [6.07, 6.45) is 1.50. The summed E-state index contributed by atoms with van der Waals surface area (Å²) in [4.78, 5) is 15.7. The quantitative estimate of drug-likeness (QED) is 0.686. The summed E-state index contributed by atoms with van der Waals surface area (Å²) in [5, 5.41) is -0.336. The fourth-order valence-corrected chi connectivity index (χ4v) is 6.18. The molecule has 1 aromatic carbocycles. The van der Waals surface area contributed by atoms with Crippen LogP contribution in [0.1, 0.15) is 33.6 Å². The lowest BCUT2D eigenvalue weighted by Crippen LogP contribution is -2.39. The Hall–Kier alpha value is -0.760. The summed E-state index contributed by atoms with van der Waals surface area (Å²) >= 11 is 1.33. The molecular formula is C18H29ClN2O3S2. The normalized spacial score (nSPS) is 21.3. The summed E-state index contributed by atoms with van der Waals surface area (Å²) < 4.78 is 24.9. The van der Waals surface area contributed by atoms with Crippen molar-refractivity contribution >= 4 is 39.9 Å². The maximum atomic E-state index is 12.8. The molecule has 3 atom stereocenters. The van der Waals surface area contributed by atoms with Crippen molar-refractivity contribution in [1.29, 1.82) is 0 Å². The van der Waals surface area contributed by atoms with Crippen molar-refractivity contribution in [2.45, 2.75) is 54.7 Å². The second kappa shape index (κ2) is 9.97. The van der Waals surface area contributed by atoms with Crippen LogP contribution in [0.2, 0.25) is 0 Å². The first-order chi connectivity index (χ1) is 11.8. The maximum Gasteiger partial charge on any atom is 0.236 e. The average Bonchev–Trinajstić information content (AvgIpc) is 2.95. The molecule has 1 amide bonds. The number of thioether (sulfide) groups is 1. The van der Waals surface area contributed by atoms with E-state index >= 15 is 0 Å². The maximum absolute atomic E-state index is 12.8. The molecule has 1 aliphatic heterocycles. The van der Waals surface area contributed by atoms with Gasteiger partial charge < -0.3 is 10.6 Å². The number of hydrogen-bond acceptors (Lipinski definition) is 5. The minimum absolute atomic E-state index is 0. The van der Waals surface area contributed by atoms with Gasteiger partial charge in [0.05, 0.1) is 15.9 Å². The van der Waals surface area contributed by atoms with Gasteiger partial charge in [-0.2, -0.15) is 0 Å². The zero-order chi connectivity index (χ0) is 18.6. The third-order valence-corrected chi connectivity index (χ3v) is 7.85. The van der Waals surface area contributed by atoms with Gasteiger partial charge in [0.15, 0.2) is 9.84 Å². The third-order valence-electron chi connectivity index (χ3n) is 4.59. The number of halogens is 1. The van der Waals surface area contributed by atoms with E-state index in [-0.39, 0.29) is 35.4 Å². The molecule has 1 aliphatic rings. The number of carbonyl (C=O) groups excluding carboxylic acids is 1. The Kier molecular flexibility index (Phi) is 8.93. The van der Waals surface area contributed by atoms with Crippen molar-refractivity contribution < 1.29 is 13.2 Å². The van der Waals surface area contributed by atoms with Crippen LogP contribution in [-0.2, 0) is 14.6 Å². The van der Waals surface area contributed by atoms with Crippen molar-refractivity contribution in [3.05, 3.63) is 24.3 Å². The Bertz CT molecular complexity index is 712. The topological polar surface area (TPSA) is 80.5 Å². The van der Waals surface area contributed by atoms with Gasteiger partial charge in [0.1, 0.15) is 0 Å². The van der Waals surface area contributed by atoms with Crippen LogP contribution >= 0.6 is 24.2 Å². The van der Waals surface area contributed by atoms with E-state index in [0.717, 1.165) is 6.42 Å². The Labute approximate surface area is 167 Å². The van der Waals surface area contributed by atoms with Crippen LogP contribution in [0.4, 0.5) is 0 Å². The van der Waals surface area contributed by atoms with E-state index in [9.17, 15) is 13.2 Å². The largest absolute Gasteiger partial charge is 0.339 e. The van der Waals surface area contributed by atoms with Crippen LogP contribution in [0.5, 0.6) is 0 Å². The first-order valence-electron chi connectivity index (χ1n) is 8.79. The highest BCUT2D eigenvalue weighted by molar-refractivity contribution is 8.01. The van der Waals surface area contributed by atoms with E-state index in [1.807, 2.05) is 31.7 Å². The molecule has 0 radical (unpaired) electrons. The second-order valence-corrected chi connectivity index (χ2v) is 10.2. The molecular weight excluding hydrogens is 392 g/mol. The van der Waals surface area contributed by atoms with Crippen molar-refractivity contribution in [3.8, 4) is 0 Å². The molecule has 148 valence electrons. The van der Waals surface area contributed by atoms with Gasteiger partial charge in [0.2, 0.25) is 5.91 Å². The lowest BCUT2D eigenvalue weighted by Gasteiger charge is -2.25. The van der Waals surface area contributed by atoms with Crippen LogP contribution < -0.4 is 5.73 Å². The van der Waals surface area contributed by atoms with Gasteiger partial charge in [-0.3, -0.25) is 4.79 Å². The van der Waals surface area contributed by atoms with Crippen molar-refractivity contribution in [3.63, 3.8) is 0 Å². The molecule has 26 heavy (non-hydrogen) atoms. The van der Waals surface area contributed by atoms with Crippen LogP contribution in [0.15, 0.2) is 34.1 Å². The first kappa shape index (κ1) is 23.3. The number of likely N-dealkylation sites (tertiary alicyclic amines) is 1. The third kappa shape index (κ3) is 5.38. The minimum atomic E-state index is -3.32. The molecule has 2 N–H and O–H groups in total. The van der Waals surface area contributed by atoms with Crippen molar-refractivity contribution in [2.24, 2.45) is 11.7 Å². The molecule has 0 aromatic heterocycles. The summed E-state index contributed by atoms with van der Waals surface area (Å²) in [5.74, 6) is 0.526. The van der Waals surface area contributed by atoms with E-state index in [4.69, 9.17) is 5.73 Å². The summed E-state index contributed by atoms with van der Waals surface area (Å²) in [6, 6.07) is 7.14. The fourth-order valence-electron chi connectivity index (χ4n) is 3.28. The summed E-state index contributed by atoms with van der Waals surface area (Å²) in [5.41, 5.74) is 5.74. The predicted molar refractivity (Wildman–Crippen MR) is 110 cm³/mol. The number of benzene rings is 1. The lowest BCUT2D eigenvalue weighted by molar-refractivity contribution is -0.130. The van der Waals surface area contributed by atoms with Gasteiger partial charge in [-0.1, -0.05) is 19.1 Å². The highest BCUT2D eigenvalue weighted by atomic mass is 35.5. The molecule has 3 unspecified atom stereocenters. The predicted octanol–water partition coefficient (Wildman–Crippen LogP) is 2.97. The molecule has 0 aliphatic carbocycles. The standard InChI is InChI=1S/C18H28N2O3S2.ClH/c1-4-9-25(22,23)17-8-6-5-7-16(17)24-14(3)18(21)20-12-15(11-19)10-13(20)2;/h5-8,13-15H,4,9-12,19H2,1-3H3;1H. The number of amides is 1. The van der Waals surface area contributed by atoms with E-state index in [2.05, 4.69) is 0 Å². The Morgan fingerprint density at radius 1 is 1.38 bits per heavy atom. The monoisotopic (exact) mass is 420 g/mol. The zero-order valence-corrected chi connectivity index (χ0v) is 18.0. The Balaban J connectivity index is 0.00000338. The number of sulfone groups is 1. The number of nitrogens with zero attached hydrogens (tertiary/aromatic N) is 1. The molecule has 1 aromatic rings. The van der Waals surface area contributed by atoms with Gasteiger partial charge in [-0.05, 0) is 51.3 Å². The van der Waals surface area contributed by atoms with Gasteiger partial charge >= 0.3 is 0 Å². The molecule has 8 heteroatoms. The minimum Gasteiger partial charge on any atom is -0.339 e. The SMILES string of the molecule is CCCS(=O)(=O)c1ccccc1SC(C)C(=O)N1CC(CN)CC1C.Cl. The molecule has 0 saturated carbocycles. The lowest BCUT2D eigenvalue weighted by atomic mass is 10.1. The van der Waals surface area contributed by atoms with E-state index in [1.165, 1.54) is 11.8 Å². The number of hydrogen-bond donors (Lipinski definition) is 1. The van der Waals surface area contributed by atoms with Gasteiger partial charge in [-0.25, -0.2) is 8.42 Å². The van der Waals surface area contributed by atoms with E-state index < -0.39 is 9.84 Å². The molecule has 5 nitrogen and oxygen atoms in total. The van der Waals surface area contributed by atoms with Gasteiger partial charge in [0, 0.05) is 17.5 Å². The number of carbonyl (C=O) groups is 1. The average molecular weight is 421 g/mol. The number of nitrogens with two attached hydrogens (primary N) is 1. The van der Waals surface area contributed by atoms with Crippen LogP contribution in [0, 0.1) is 5.92 Å². The molecule has 1 fully saturated rings. The number of rotatable bonds is 7. The molecule has 1 heterocycles. The summed E-state index contributed by atoms with van der Waals surface area (Å²) in [7, 11) is -3.32.